The second-order valence-electron chi connectivity index (χ2n) is 6.12. The Kier molecular flexibility index (Phi) is 5.58. The Balaban J connectivity index is 2.99. The predicted octanol–water partition coefficient (Wildman–Crippen LogP) is 5.99. The van der Waals surface area contributed by atoms with Crippen LogP contribution in [0.1, 0.15) is 58.9 Å². The van der Waals surface area contributed by atoms with E-state index in [1.54, 1.807) is 0 Å². The van der Waals surface area contributed by atoms with Crippen LogP contribution in [0.15, 0.2) is 35.9 Å². The molecule has 0 aliphatic heterocycles. The molecule has 0 N–H and O–H groups in total. The highest BCUT2D eigenvalue weighted by atomic mass is 19.1. The standard InChI is InChI=1S/C17H25F/c1-5-6-10-15(13-17(2,3)4)16(18)14-11-8-7-9-12-14/h7-9,11-12H,5-6,10,13H2,1-4H3. The molecule has 0 spiro atoms. The minimum Gasteiger partial charge on any atom is -0.206 e. The zero-order chi connectivity index (χ0) is 13.6. The topological polar surface area (TPSA) is 0 Å². The van der Waals surface area contributed by atoms with Crippen molar-refractivity contribution in [1.82, 2.24) is 0 Å². The van der Waals surface area contributed by atoms with Crippen molar-refractivity contribution in [3.05, 3.63) is 41.5 Å². The van der Waals surface area contributed by atoms with E-state index in [1.807, 2.05) is 30.3 Å². The van der Waals surface area contributed by atoms with Crippen LogP contribution in [0.4, 0.5) is 4.39 Å². The number of benzene rings is 1. The number of hydrogen-bond donors (Lipinski definition) is 0. The van der Waals surface area contributed by atoms with Crippen molar-refractivity contribution in [3.8, 4) is 0 Å². The molecule has 0 aromatic heterocycles. The summed E-state index contributed by atoms with van der Waals surface area (Å²) in [4.78, 5) is 0. The second-order valence-corrected chi connectivity index (χ2v) is 6.12. The average Bonchev–Trinajstić information content (AvgIpc) is 2.33. The fraction of sp³-hybridized carbons (Fsp3) is 0.529. The van der Waals surface area contributed by atoms with Crippen molar-refractivity contribution in [2.75, 3.05) is 0 Å². The first-order valence-corrected chi connectivity index (χ1v) is 6.87. The quantitative estimate of drug-likeness (QED) is 0.600. The normalized spacial score (nSPS) is 13.4. The van der Waals surface area contributed by atoms with E-state index in [0.717, 1.165) is 31.3 Å². The van der Waals surface area contributed by atoms with Crippen LogP contribution in [-0.2, 0) is 0 Å². The van der Waals surface area contributed by atoms with Gasteiger partial charge in [-0.1, -0.05) is 64.4 Å². The number of rotatable bonds is 5. The van der Waals surface area contributed by atoms with Gasteiger partial charge in [-0.05, 0) is 30.3 Å². The Morgan fingerprint density at radius 1 is 1.11 bits per heavy atom. The number of hydrogen-bond acceptors (Lipinski definition) is 0. The van der Waals surface area contributed by atoms with Crippen LogP contribution < -0.4 is 0 Å². The number of allylic oxidation sites excluding steroid dienone is 1. The third-order valence-corrected chi connectivity index (χ3v) is 2.91. The molecule has 0 amide bonds. The molecule has 0 aliphatic carbocycles. The Morgan fingerprint density at radius 2 is 1.72 bits per heavy atom. The van der Waals surface area contributed by atoms with Gasteiger partial charge in [0.05, 0.1) is 0 Å². The highest BCUT2D eigenvalue weighted by Gasteiger charge is 2.17. The van der Waals surface area contributed by atoms with Crippen molar-refractivity contribution in [2.45, 2.75) is 53.4 Å². The molecule has 0 heterocycles. The lowest BCUT2D eigenvalue weighted by molar-refractivity contribution is 0.401. The molecule has 0 bridgehead atoms. The second kappa shape index (κ2) is 6.72. The van der Waals surface area contributed by atoms with E-state index in [-0.39, 0.29) is 11.2 Å². The van der Waals surface area contributed by atoms with E-state index < -0.39 is 0 Å². The van der Waals surface area contributed by atoms with Crippen LogP contribution in [0, 0.1) is 5.41 Å². The summed E-state index contributed by atoms with van der Waals surface area (Å²) in [7, 11) is 0. The van der Waals surface area contributed by atoms with Crippen LogP contribution in [0.3, 0.4) is 0 Å². The summed E-state index contributed by atoms with van der Waals surface area (Å²) in [5, 5.41) is 0. The molecule has 18 heavy (non-hydrogen) atoms. The van der Waals surface area contributed by atoms with Gasteiger partial charge in [0.2, 0.25) is 0 Å². The minimum atomic E-state index is -0.0148. The molecule has 0 saturated heterocycles. The fourth-order valence-electron chi connectivity index (χ4n) is 2.09. The Bertz CT molecular complexity index is 382. The Labute approximate surface area is 111 Å². The lowest BCUT2D eigenvalue weighted by Gasteiger charge is -2.21. The van der Waals surface area contributed by atoms with E-state index in [2.05, 4.69) is 27.7 Å². The van der Waals surface area contributed by atoms with E-state index in [9.17, 15) is 4.39 Å². The molecule has 0 nitrogen and oxygen atoms in total. The van der Waals surface area contributed by atoms with Crippen LogP contribution in [0.25, 0.3) is 5.83 Å². The maximum atomic E-state index is 14.5. The Morgan fingerprint density at radius 3 is 2.22 bits per heavy atom. The highest BCUT2D eigenvalue weighted by molar-refractivity contribution is 5.62. The average molecular weight is 248 g/mol. The lowest BCUT2D eigenvalue weighted by Crippen LogP contribution is -2.07. The molecule has 1 aromatic rings. The monoisotopic (exact) mass is 248 g/mol. The zero-order valence-corrected chi connectivity index (χ0v) is 12.1. The number of unbranched alkanes of at least 4 members (excludes halogenated alkanes) is 1. The predicted molar refractivity (Wildman–Crippen MR) is 78.1 cm³/mol. The van der Waals surface area contributed by atoms with E-state index in [1.165, 1.54) is 0 Å². The van der Waals surface area contributed by atoms with E-state index >= 15 is 0 Å². The van der Waals surface area contributed by atoms with Gasteiger partial charge in [-0.15, -0.1) is 0 Å². The summed E-state index contributed by atoms with van der Waals surface area (Å²) in [5.74, 6) is -0.0148. The molecule has 0 fully saturated rings. The summed E-state index contributed by atoms with van der Waals surface area (Å²) in [6, 6.07) is 9.41. The zero-order valence-electron chi connectivity index (χ0n) is 12.1. The molecule has 0 radical (unpaired) electrons. The van der Waals surface area contributed by atoms with Gasteiger partial charge in [0.25, 0.3) is 0 Å². The van der Waals surface area contributed by atoms with Gasteiger partial charge in [0, 0.05) is 5.56 Å². The molecule has 0 unspecified atom stereocenters. The molecular weight excluding hydrogens is 223 g/mol. The third kappa shape index (κ3) is 5.03. The highest BCUT2D eigenvalue weighted by Crippen LogP contribution is 2.33. The van der Waals surface area contributed by atoms with Gasteiger partial charge in [0.15, 0.2) is 0 Å². The molecule has 1 aromatic carbocycles. The summed E-state index contributed by atoms with van der Waals surface area (Å²) in [5.41, 5.74) is 1.82. The summed E-state index contributed by atoms with van der Waals surface area (Å²) in [6.45, 7) is 8.64. The van der Waals surface area contributed by atoms with Gasteiger partial charge < -0.3 is 0 Å². The van der Waals surface area contributed by atoms with Crippen molar-refractivity contribution >= 4 is 5.83 Å². The molecule has 0 atom stereocenters. The van der Waals surface area contributed by atoms with Crippen LogP contribution in [-0.4, -0.2) is 0 Å². The smallest absolute Gasteiger partial charge is 0.129 e. The number of halogens is 1. The van der Waals surface area contributed by atoms with Crippen molar-refractivity contribution in [3.63, 3.8) is 0 Å². The van der Waals surface area contributed by atoms with Crippen LogP contribution in [0.2, 0.25) is 0 Å². The molecular formula is C17H25F. The van der Waals surface area contributed by atoms with Crippen LogP contribution in [0.5, 0.6) is 0 Å². The summed E-state index contributed by atoms with van der Waals surface area (Å²) < 4.78 is 14.5. The first-order chi connectivity index (χ1) is 8.44. The van der Waals surface area contributed by atoms with E-state index in [0.29, 0.717) is 5.56 Å². The lowest BCUT2D eigenvalue weighted by atomic mass is 9.85. The first kappa shape index (κ1) is 14.9. The fourth-order valence-corrected chi connectivity index (χ4v) is 2.09. The maximum Gasteiger partial charge on any atom is 0.129 e. The maximum absolute atomic E-state index is 14.5. The minimum absolute atomic E-state index is 0.0148. The van der Waals surface area contributed by atoms with Gasteiger partial charge in [-0.2, -0.15) is 0 Å². The van der Waals surface area contributed by atoms with E-state index in [4.69, 9.17) is 0 Å². The third-order valence-electron chi connectivity index (χ3n) is 2.91. The van der Waals surface area contributed by atoms with Gasteiger partial charge in [-0.25, -0.2) is 4.39 Å². The molecule has 0 aliphatic rings. The molecule has 1 rings (SSSR count). The first-order valence-electron chi connectivity index (χ1n) is 6.87. The SMILES string of the molecule is CCCCC(CC(C)(C)C)=C(F)c1ccccc1. The summed E-state index contributed by atoms with van der Waals surface area (Å²) >= 11 is 0. The molecule has 100 valence electrons. The summed E-state index contributed by atoms with van der Waals surface area (Å²) in [6.07, 6.45) is 3.86. The van der Waals surface area contributed by atoms with Gasteiger partial charge in [0.1, 0.15) is 5.83 Å². The van der Waals surface area contributed by atoms with Crippen LogP contribution >= 0.6 is 0 Å². The van der Waals surface area contributed by atoms with Crippen molar-refractivity contribution in [2.24, 2.45) is 5.41 Å². The largest absolute Gasteiger partial charge is 0.206 e. The van der Waals surface area contributed by atoms with Gasteiger partial charge >= 0.3 is 0 Å². The molecule has 0 saturated carbocycles. The van der Waals surface area contributed by atoms with Crippen molar-refractivity contribution < 1.29 is 4.39 Å². The van der Waals surface area contributed by atoms with Gasteiger partial charge in [-0.3, -0.25) is 0 Å². The molecule has 1 heteroatoms. The Hall–Kier alpha value is -1.11. The van der Waals surface area contributed by atoms with Crippen molar-refractivity contribution in [1.29, 1.82) is 0 Å².